The van der Waals surface area contributed by atoms with Crippen LogP contribution in [-0.4, -0.2) is 27.5 Å². The molecule has 0 amide bonds. The summed E-state index contributed by atoms with van der Waals surface area (Å²) in [6, 6.07) is 0. The van der Waals surface area contributed by atoms with Crippen LogP contribution in [0.5, 0.6) is 0 Å². The van der Waals surface area contributed by atoms with Gasteiger partial charge in [0.25, 0.3) is 0 Å². The Morgan fingerprint density at radius 1 is 1.67 bits per heavy atom. The first kappa shape index (κ1) is 10.6. The molecule has 15 heavy (non-hydrogen) atoms. The maximum absolute atomic E-state index is 9.64. The highest BCUT2D eigenvalue weighted by molar-refractivity contribution is 5.03. The number of aliphatic hydroxyl groups is 1. The van der Waals surface area contributed by atoms with Crippen LogP contribution in [0, 0.1) is 5.92 Å². The van der Waals surface area contributed by atoms with Gasteiger partial charge in [-0.05, 0) is 25.7 Å². The molecule has 1 heterocycles. The van der Waals surface area contributed by atoms with Crippen molar-refractivity contribution in [2.24, 2.45) is 5.92 Å². The normalized spacial score (nSPS) is 18.0. The third kappa shape index (κ3) is 3.04. The van der Waals surface area contributed by atoms with Gasteiger partial charge in [-0.25, -0.2) is 0 Å². The van der Waals surface area contributed by atoms with Gasteiger partial charge in [0, 0.05) is 31.4 Å². The van der Waals surface area contributed by atoms with Crippen molar-refractivity contribution in [3.05, 3.63) is 18.0 Å². The highest BCUT2D eigenvalue weighted by Gasteiger charge is 2.28. The standard InChI is InChI=1S/C11H19N3O/c1-2-14-8-9(6-13-14)5-12-7-11(15)10-3-4-10/h6,8,10-12,15H,2-5,7H2,1H3. The highest BCUT2D eigenvalue weighted by atomic mass is 16.3. The van der Waals surface area contributed by atoms with Gasteiger partial charge in [-0.1, -0.05) is 0 Å². The van der Waals surface area contributed by atoms with E-state index in [-0.39, 0.29) is 6.10 Å². The molecule has 1 fully saturated rings. The minimum Gasteiger partial charge on any atom is -0.392 e. The summed E-state index contributed by atoms with van der Waals surface area (Å²) in [5, 5.41) is 17.1. The van der Waals surface area contributed by atoms with Crippen molar-refractivity contribution in [2.45, 2.75) is 39.0 Å². The molecule has 4 heteroatoms. The predicted octanol–water partition coefficient (Wildman–Crippen LogP) is 0.763. The van der Waals surface area contributed by atoms with Crippen LogP contribution < -0.4 is 5.32 Å². The van der Waals surface area contributed by atoms with E-state index in [1.54, 1.807) is 0 Å². The van der Waals surface area contributed by atoms with Crippen molar-refractivity contribution < 1.29 is 5.11 Å². The molecule has 1 aromatic heterocycles. The van der Waals surface area contributed by atoms with Crippen LogP contribution in [-0.2, 0) is 13.1 Å². The zero-order valence-electron chi connectivity index (χ0n) is 9.19. The monoisotopic (exact) mass is 209 g/mol. The minimum atomic E-state index is -0.161. The lowest BCUT2D eigenvalue weighted by Crippen LogP contribution is -2.27. The summed E-state index contributed by atoms with van der Waals surface area (Å²) in [5.41, 5.74) is 1.18. The molecule has 1 aliphatic carbocycles. The van der Waals surface area contributed by atoms with E-state index in [1.165, 1.54) is 18.4 Å². The molecule has 4 nitrogen and oxygen atoms in total. The molecule has 0 aliphatic heterocycles. The number of hydrogen-bond donors (Lipinski definition) is 2. The summed E-state index contributed by atoms with van der Waals surface area (Å²) in [7, 11) is 0. The average Bonchev–Trinajstić information content (AvgIpc) is 2.99. The van der Waals surface area contributed by atoms with E-state index in [1.807, 2.05) is 17.1 Å². The van der Waals surface area contributed by atoms with Crippen LogP contribution in [0.1, 0.15) is 25.3 Å². The van der Waals surface area contributed by atoms with Gasteiger partial charge in [-0.15, -0.1) is 0 Å². The van der Waals surface area contributed by atoms with E-state index >= 15 is 0 Å². The van der Waals surface area contributed by atoms with Crippen LogP contribution in [0.25, 0.3) is 0 Å². The number of nitrogens with one attached hydrogen (secondary N) is 1. The van der Waals surface area contributed by atoms with Crippen LogP contribution >= 0.6 is 0 Å². The summed E-state index contributed by atoms with van der Waals surface area (Å²) < 4.78 is 1.91. The van der Waals surface area contributed by atoms with Gasteiger partial charge < -0.3 is 10.4 Å². The fraction of sp³-hybridized carbons (Fsp3) is 0.727. The Hall–Kier alpha value is -0.870. The topological polar surface area (TPSA) is 50.1 Å². The maximum atomic E-state index is 9.64. The smallest absolute Gasteiger partial charge is 0.0692 e. The fourth-order valence-electron chi connectivity index (χ4n) is 1.68. The largest absolute Gasteiger partial charge is 0.392 e. The zero-order chi connectivity index (χ0) is 10.7. The lowest BCUT2D eigenvalue weighted by Gasteiger charge is -2.09. The Morgan fingerprint density at radius 2 is 2.47 bits per heavy atom. The molecule has 1 unspecified atom stereocenters. The molecule has 0 spiro atoms. The molecule has 0 bridgehead atoms. The second-order valence-corrected chi connectivity index (χ2v) is 4.24. The van der Waals surface area contributed by atoms with Crippen molar-refractivity contribution >= 4 is 0 Å². The molecule has 1 aromatic rings. The summed E-state index contributed by atoms with van der Waals surface area (Å²) in [6.45, 7) is 4.47. The van der Waals surface area contributed by atoms with Crippen molar-refractivity contribution in [3.63, 3.8) is 0 Å². The molecule has 1 atom stereocenters. The van der Waals surface area contributed by atoms with Gasteiger partial charge in [0.2, 0.25) is 0 Å². The van der Waals surface area contributed by atoms with Gasteiger partial charge in [0.05, 0.1) is 12.3 Å². The summed E-state index contributed by atoms with van der Waals surface area (Å²) in [6.07, 6.45) is 6.13. The summed E-state index contributed by atoms with van der Waals surface area (Å²) in [5.74, 6) is 0.552. The van der Waals surface area contributed by atoms with E-state index in [0.29, 0.717) is 12.5 Å². The number of rotatable bonds is 6. The average molecular weight is 209 g/mol. The van der Waals surface area contributed by atoms with E-state index in [2.05, 4.69) is 17.3 Å². The third-order valence-electron chi connectivity index (χ3n) is 2.86. The number of aryl methyl sites for hydroxylation is 1. The molecular formula is C11H19N3O. The lowest BCUT2D eigenvalue weighted by molar-refractivity contribution is 0.148. The summed E-state index contributed by atoms with van der Waals surface area (Å²) in [4.78, 5) is 0. The molecule has 1 aliphatic rings. The highest BCUT2D eigenvalue weighted by Crippen LogP contribution is 2.32. The Morgan fingerprint density at radius 3 is 3.07 bits per heavy atom. The first-order valence-electron chi connectivity index (χ1n) is 5.69. The van der Waals surface area contributed by atoms with Crippen molar-refractivity contribution in [2.75, 3.05) is 6.54 Å². The number of hydrogen-bond acceptors (Lipinski definition) is 3. The molecule has 2 N–H and O–H groups in total. The number of nitrogens with zero attached hydrogens (tertiary/aromatic N) is 2. The summed E-state index contributed by atoms with van der Waals surface area (Å²) >= 11 is 0. The van der Waals surface area contributed by atoms with Gasteiger partial charge >= 0.3 is 0 Å². The Bertz CT molecular complexity index is 307. The van der Waals surface area contributed by atoms with Gasteiger partial charge in [-0.2, -0.15) is 5.10 Å². The molecular weight excluding hydrogens is 190 g/mol. The lowest BCUT2D eigenvalue weighted by atomic mass is 10.2. The molecule has 0 aromatic carbocycles. The molecule has 84 valence electrons. The van der Waals surface area contributed by atoms with Crippen molar-refractivity contribution in [1.29, 1.82) is 0 Å². The first-order valence-corrected chi connectivity index (χ1v) is 5.69. The van der Waals surface area contributed by atoms with E-state index in [4.69, 9.17) is 0 Å². The van der Waals surface area contributed by atoms with Crippen LogP contribution in [0.15, 0.2) is 12.4 Å². The minimum absolute atomic E-state index is 0.161. The Labute approximate surface area is 90.3 Å². The maximum Gasteiger partial charge on any atom is 0.0692 e. The third-order valence-corrected chi connectivity index (χ3v) is 2.86. The van der Waals surface area contributed by atoms with Gasteiger partial charge in [0.15, 0.2) is 0 Å². The molecule has 2 rings (SSSR count). The second kappa shape index (κ2) is 4.77. The van der Waals surface area contributed by atoms with Crippen molar-refractivity contribution in [3.8, 4) is 0 Å². The predicted molar refractivity (Wildman–Crippen MR) is 58.3 cm³/mol. The van der Waals surface area contributed by atoms with E-state index in [0.717, 1.165) is 13.1 Å². The van der Waals surface area contributed by atoms with Crippen LogP contribution in [0.3, 0.4) is 0 Å². The second-order valence-electron chi connectivity index (χ2n) is 4.24. The van der Waals surface area contributed by atoms with Crippen molar-refractivity contribution in [1.82, 2.24) is 15.1 Å². The first-order chi connectivity index (χ1) is 7.29. The van der Waals surface area contributed by atoms with E-state index in [9.17, 15) is 5.11 Å². The van der Waals surface area contributed by atoms with E-state index < -0.39 is 0 Å². The number of aliphatic hydroxyl groups excluding tert-OH is 1. The Kier molecular flexibility index (Phi) is 3.38. The number of aromatic nitrogens is 2. The van der Waals surface area contributed by atoms with Gasteiger partial charge in [-0.3, -0.25) is 4.68 Å². The molecule has 1 saturated carbocycles. The SMILES string of the molecule is CCn1cc(CNCC(O)C2CC2)cn1. The molecule has 0 radical (unpaired) electrons. The quantitative estimate of drug-likeness (QED) is 0.727. The Balaban J connectivity index is 1.68. The fourth-order valence-corrected chi connectivity index (χ4v) is 1.68. The zero-order valence-corrected chi connectivity index (χ0v) is 9.19. The van der Waals surface area contributed by atoms with Crippen LogP contribution in [0.2, 0.25) is 0 Å². The van der Waals surface area contributed by atoms with Gasteiger partial charge in [0.1, 0.15) is 0 Å². The molecule has 0 saturated heterocycles. The van der Waals surface area contributed by atoms with Crippen LogP contribution in [0.4, 0.5) is 0 Å².